The lowest BCUT2D eigenvalue weighted by Gasteiger charge is -2.33. The zero-order valence-corrected chi connectivity index (χ0v) is 56.7. The SMILES string of the molecule is CCCCCCCCC1(CCCCCCCC)c2cc(OCCCC)ccc2-c2ccc(-c3ccc(-c4ccc(-c5ccc(-c6ccc7c(c6)C(CCCCCCCC)(CCCCCCCC)c6cc(OCCCC)ccc6-7)cc5)c5nsnc45)cc3)cc21. The van der Waals surface area contributed by atoms with Gasteiger partial charge in [0.1, 0.15) is 22.5 Å². The summed E-state index contributed by atoms with van der Waals surface area (Å²) in [5, 5.41) is 0. The van der Waals surface area contributed by atoms with Crippen LogP contribution in [0.2, 0.25) is 0 Å². The quantitative estimate of drug-likeness (QED) is 0.0359. The number of nitrogens with zero attached hydrogens (tertiary/aromatic N) is 2. The van der Waals surface area contributed by atoms with E-state index in [-0.39, 0.29) is 10.8 Å². The number of aromatic nitrogens is 2. The summed E-state index contributed by atoms with van der Waals surface area (Å²) in [5.41, 5.74) is 23.3. The molecule has 0 fully saturated rings. The van der Waals surface area contributed by atoms with Gasteiger partial charge in [-0.25, -0.2) is 0 Å². The first-order valence-electron chi connectivity index (χ1n) is 36.2. The van der Waals surface area contributed by atoms with Gasteiger partial charge in [-0.3, -0.25) is 0 Å². The van der Waals surface area contributed by atoms with Gasteiger partial charge in [0.05, 0.1) is 24.9 Å². The minimum atomic E-state index is -0.0264. The second-order valence-corrected chi connectivity index (χ2v) is 27.4. The van der Waals surface area contributed by atoms with Gasteiger partial charge in [0.15, 0.2) is 0 Å². The molecule has 10 rings (SSSR count). The molecule has 0 radical (unpaired) electrons. The van der Waals surface area contributed by atoms with Gasteiger partial charge in [-0.15, -0.1) is 0 Å². The molecule has 0 saturated heterocycles. The Morgan fingerprint density at radius 3 is 0.876 bits per heavy atom. The van der Waals surface area contributed by atoms with E-state index in [0.29, 0.717) is 0 Å². The van der Waals surface area contributed by atoms with Gasteiger partial charge in [0.25, 0.3) is 0 Å². The third-order valence-electron chi connectivity index (χ3n) is 20.5. The van der Waals surface area contributed by atoms with Crippen LogP contribution in [0.5, 0.6) is 11.5 Å². The largest absolute Gasteiger partial charge is 0.494 e. The first kappa shape index (κ1) is 65.9. The van der Waals surface area contributed by atoms with Gasteiger partial charge in [0.2, 0.25) is 0 Å². The van der Waals surface area contributed by atoms with Crippen molar-refractivity contribution in [3.63, 3.8) is 0 Å². The van der Waals surface area contributed by atoms with Crippen LogP contribution in [0.25, 0.3) is 77.8 Å². The maximum Gasteiger partial charge on any atom is 0.119 e. The number of unbranched alkanes of at least 4 members (excludes halogenated alkanes) is 22. The Bertz CT molecular complexity index is 3200. The molecule has 0 amide bonds. The Morgan fingerprint density at radius 2 is 0.539 bits per heavy atom. The molecule has 7 aromatic carbocycles. The predicted octanol–water partition coefficient (Wildman–Crippen LogP) is 26.3. The number of benzene rings is 7. The Hall–Kier alpha value is -6.04. The number of ether oxygens (including phenoxy) is 2. The zero-order chi connectivity index (χ0) is 61.7. The average molecular weight is 1210 g/mol. The van der Waals surface area contributed by atoms with Gasteiger partial charge < -0.3 is 9.47 Å². The Morgan fingerprint density at radius 1 is 0.270 bits per heavy atom. The molecule has 8 aromatic rings. The summed E-state index contributed by atoms with van der Waals surface area (Å²) in [6, 6.07) is 52.1. The third-order valence-corrected chi connectivity index (χ3v) is 21.0. The van der Waals surface area contributed by atoms with E-state index < -0.39 is 0 Å². The van der Waals surface area contributed by atoms with Gasteiger partial charge in [-0.1, -0.05) is 306 Å². The number of hydrogen-bond donors (Lipinski definition) is 0. The highest BCUT2D eigenvalue weighted by atomic mass is 32.1. The van der Waals surface area contributed by atoms with Crippen molar-refractivity contribution in [3.05, 3.63) is 156 Å². The molecule has 1 heterocycles. The van der Waals surface area contributed by atoms with Crippen LogP contribution < -0.4 is 9.47 Å². The molecule has 1 aromatic heterocycles. The molecular formula is C84H108N2O2S. The molecule has 0 saturated carbocycles. The summed E-state index contributed by atoms with van der Waals surface area (Å²) in [7, 11) is 0. The maximum absolute atomic E-state index is 6.47. The molecular weight excluding hydrogens is 1100 g/mol. The minimum absolute atomic E-state index is 0.0264. The fourth-order valence-corrected chi connectivity index (χ4v) is 15.9. The van der Waals surface area contributed by atoms with Crippen molar-refractivity contribution < 1.29 is 9.47 Å². The molecule has 0 N–H and O–H groups in total. The molecule has 0 unspecified atom stereocenters. The smallest absolute Gasteiger partial charge is 0.119 e. The topological polar surface area (TPSA) is 44.2 Å². The van der Waals surface area contributed by atoms with E-state index in [0.717, 1.165) is 72.6 Å². The van der Waals surface area contributed by atoms with Gasteiger partial charge in [-0.05, 0) is 153 Å². The summed E-state index contributed by atoms with van der Waals surface area (Å²) >= 11 is 1.32. The second-order valence-electron chi connectivity index (χ2n) is 26.9. The van der Waals surface area contributed by atoms with Crippen molar-refractivity contribution in [1.29, 1.82) is 0 Å². The summed E-state index contributed by atoms with van der Waals surface area (Å²) in [5.74, 6) is 2.07. The highest BCUT2D eigenvalue weighted by Crippen LogP contribution is 2.58. The third kappa shape index (κ3) is 15.7. The summed E-state index contributed by atoms with van der Waals surface area (Å²) in [6.45, 7) is 15.3. The molecule has 2 aliphatic rings. The van der Waals surface area contributed by atoms with E-state index >= 15 is 0 Å². The molecule has 0 bridgehead atoms. The predicted molar refractivity (Wildman–Crippen MR) is 384 cm³/mol. The molecule has 0 spiro atoms. The zero-order valence-electron chi connectivity index (χ0n) is 55.9. The van der Waals surface area contributed by atoms with Crippen LogP contribution in [-0.4, -0.2) is 22.0 Å². The minimum Gasteiger partial charge on any atom is -0.494 e. The molecule has 89 heavy (non-hydrogen) atoms. The van der Waals surface area contributed by atoms with Crippen LogP contribution >= 0.6 is 11.7 Å². The Balaban J connectivity index is 0.916. The van der Waals surface area contributed by atoms with Crippen LogP contribution in [0, 0.1) is 0 Å². The van der Waals surface area contributed by atoms with Crippen LogP contribution in [0.3, 0.4) is 0 Å². The first-order chi connectivity index (χ1) is 43.9. The van der Waals surface area contributed by atoms with E-state index in [1.807, 2.05) is 0 Å². The van der Waals surface area contributed by atoms with Crippen molar-refractivity contribution >= 4 is 22.8 Å². The van der Waals surface area contributed by atoms with Crippen LogP contribution in [0.1, 0.15) is 269 Å². The van der Waals surface area contributed by atoms with Gasteiger partial charge in [0, 0.05) is 22.0 Å². The fourth-order valence-electron chi connectivity index (χ4n) is 15.3. The van der Waals surface area contributed by atoms with E-state index in [1.54, 1.807) is 0 Å². The van der Waals surface area contributed by atoms with E-state index in [2.05, 4.69) is 175 Å². The van der Waals surface area contributed by atoms with Crippen molar-refractivity contribution in [1.82, 2.24) is 8.75 Å². The summed E-state index contributed by atoms with van der Waals surface area (Å²) in [4.78, 5) is 0. The maximum atomic E-state index is 6.47. The van der Waals surface area contributed by atoms with E-state index in [4.69, 9.17) is 18.2 Å². The van der Waals surface area contributed by atoms with Crippen molar-refractivity contribution in [3.8, 4) is 78.3 Å². The van der Waals surface area contributed by atoms with Crippen LogP contribution in [-0.2, 0) is 10.8 Å². The Kier molecular flexibility index (Phi) is 24.7. The summed E-state index contributed by atoms with van der Waals surface area (Å²) < 4.78 is 22.9. The van der Waals surface area contributed by atoms with Gasteiger partial charge >= 0.3 is 0 Å². The molecule has 2 aliphatic carbocycles. The van der Waals surface area contributed by atoms with Crippen molar-refractivity contribution in [2.75, 3.05) is 13.2 Å². The number of fused-ring (bicyclic) bond motifs is 7. The molecule has 5 heteroatoms. The Labute approximate surface area is 542 Å². The van der Waals surface area contributed by atoms with Crippen LogP contribution in [0.4, 0.5) is 0 Å². The van der Waals surface area contributed by atoms with E-state index in [1.165, 1.54) is 269 Å². The molecule has 4 nitrogen and oxygen atoms in total. The van der Waals surface area contributed by atoms with E-state index in [9.17, 15) is 0 Å². The fraction of sp³-hybridized carbons (Fsp3) is 0.500. The van der Waals surface area contributed by atoms with Gasteiger partial charge in [-0.2, -0.15) is 8.75 Å². The van der Waals surface area contributed by atoms with Crippen LogP contribution in [0.15, 0.2) is 133 Å². The standard InChI is InChI=1S/C84H108N2O2S/c1-7-13-19-23-27-31-53-83(54-32-28-24-20-14-8-2)77-59-67(43-47-73(77)75-49-45-69(61-79(75)83)87-57-17-11-5)63-35-39-65(40-36-63)71-51-52-72(82-81(71)85-89-86-82)66-41-37-64(38-42-66)68-44-48-74-76-50-46-70(88-58-18-12-6)62-80(76)84(78(74)60-68,55-33-29-25-21-15-9-3)56-34-30-26-22-16-10-4/h35-52,59-62H,7-34,53-58H2,1-6H3. The molecule has 0 aliphatic heterocycles. The second kappa shape index (κ2) is 33.3. The molecule has 0 atom stereocenters. The number of rotatable bonds is 40. The highest BCUT2D eigenvalue weighted by Gasteiger charge is 2.44. The normalized spacial score (nSPS) is 13.4. The average Bonchev–Trinajstić information content (AvgIpc) is 1.64. The first-order valence-corrected chi connectivity index (χ1v) is 36.9. The van der Waals surface area contributed by atoms with Crippen molar-refractivity contribution in [2.45, 2.75) is 258 Å². The lowest BCUT2D eigenvalue weighted by Crippen LogP contribution is -2.25. The molecule has 472 valence electrons. The lowest BCUT2D eigenvalue weighted by molar-refractivity contribution is 0.307. The van der Waals surface area contributed by atoms with Crippen molar-refractivity contribution in [2.24, 2.45) is 0 Å². The highest BCUT2D eigenvalue weighted by molar-refractivity contribution is 7.00. The summed E-state index contributed by atoms with van der Waals surface area (Å²) in [6.07, 6.45) is 40.6. The lowest BCUT2D eigenvalue weighted by atomic mass is 9.70. The number of hydrogen-bond acceptors (Lipinski definition) is 5. The monoisotopic (exact) mass is 1210 g/mol.